The normalized spacial score (nSPS) is 12.0. The zero-order valence-electron chi connectivity index (χ0n) is 45.3. The standard InChI is InChI=1S/C78H48N4S2/c1-5-21-49(22-6-1)79(69-47-71-75(59-31-15-13-29-55(59)69)65-33-17-19-35-67(65)81(71)51-25-9-3-10-26-51)53-37-39-57-61-41-43-64-63(77(61)83-73(57)45-53)44-42-62-58-40-38-54(46-74(58)84-78(62)64)80(50-23-7-2-8-24-50)70-48-72-76(60-32-16-14-30-56(60)70)66-34-18-20-36-68(66)82(72)52-27-11-4-12-28-52/h1-48H. The Bertz CT molecular complexity index is 5330. The third-order valence-corrected chi connectivity index (χ3v) is 19.8. The van der Waals surface area contributed by atoms with Gasteiger partial charge in [0.2, 0.25) is 0 Å². The molecule has 0 unspecified atom stereocenters. The van der Waals surface area contributed by atoms with Crippen LogP contribution in [-0.4, -0.2) is 9.13 Å². The highest BCUT2D eigenvalue weighted by Gasteiger charge is 2.25. The molecule has 4 aromatic heterocycles. The lowest BCUT2D eigenvalue weighted by molar-refractivity contribution is 1.18. The maximum Gasteiger partial charge on any atom is 0.0568 e. The summed E-state index contributed by atoms with van der Waals surface area (Å²) < 4.78 is 10.0. The number of hydrogen-bond donors (Lipinski definition) is 0. The van der Waals surface area contributed by atoms with E-state index in [0.29, 0.717) is 0 Å². The first kappa shape index (κ1) is 47.2. The monoisotopic (exact) mass is 1100 g/mol. The van der Waals surface area contributed by atoms with Crippen LogP contribution in [0.3, 0.4) is 0 Å². The maximum absolute atomic E-state index is 2.47. The average Bonchev–Trinajstić information content (AvgIpc) is 2.10. The van der Waals surface area contributed by atoms with Crippen LogP contribution in [0.15, 0.2) is 291 Å². The Morgan fingerprint density at radius 1 is 0.226 bits per heavy atom. The van der Waals surface area contributed by atoms with Crippen molar-refractivity contribution in [2.75, 3.05) is 9.80 Å². The summed E-state index contributed by atoms with van der Waals surface area (Å²) in [5.74, 6) is 0. The zero-order chi connectivity index (χ0) is 55.0. The van der Waals surface area contributed by atoms with Crippen LogP contribution >= 0.6 is 22.7 Å². The molecule has 0 aliphatic heterocycles. The van der Waals surface area contributed by atoms with Gasteiger partial charge in [-0.15, -0.1) is 22.7 Å². The number of para-hydroxylation sites is 6. The molecule has 0 saturated heterocycles. The second-order valence-electron chi connectivity index (χ2n) is 21.9. The highest BCUT2D eigenvalue weighted by molar-refractivity contribution is 7.28. The Balaban J connectivity index is 0.796. The van der Waals surface area contributed by atoms with E-state index in [-0.39, 0.29) is 0 Å². The lowest BCUT2D eigenvalue weighted by Gasteiger charge is -2.27. The number of benzene rings is 14. The molecule has 0 fully saturated rings. The topological polar surface area (TPSA) is 16.3 Å². The molecule has 4 nitrogen and oxygen atoms in total. The zero-order valence-corrected chi connectivity index (χ0v) is 47.0. The predicted molar refractivity (Wildman–Crippen MR) is 363 cm³/mol. The van der Waals surface area contributed by atoms with Crippen LogP contribution in [0.1, 0.15) is 0 Å². The summed E-state index contributed by atoms with van der Waals surface area (Å²) in [6, 6.07) is 108. The van der Waals surface area contributed by atoms with E-state index < -0.39 is 0 Å². The molecule has 0 amide bonds. The van der Waals surface area contributed by atoms with Crippen LogP contribution in [0, 0.1) is 0 Å². The molecule has 84 heavy (non-hydrogen) atoms. The minimum absolute atomic E-state index is 1.11. The predicted octanol–water partition coefficient (Wildman–Crippen LogP) is 23.0. The molecule has 0 saturated carbocycles. The first-order chi connectivity index (χ1) is 41.7. The van der Waals surface area contributed by atoms with E-state index in [1.54, 1.807) is 0 Å². The third kappa shape index (κ3) is 6.99. The summed E-state index contributed by atoms with van der Waals surface area (Å²) in [5.41, 5.74) is 13.8. The van der Waals surface area contributed by atoms with Crippen molar-refractivity contribution < 1.29 is 0 Å². The molecule has 0 N–H and O–H groups in total. The molecule has 6 heteroatoms. The van der Waals surface area contributed by atoms with Crippen LogP contribution in [0.2, 0.25) is 0 Å². The molecule has 14 aromatic carbocycles. The van der Waals surface area contributed by atoms with Crippen molar-refractivity contribution in [3.63, 3.8) is 0 Å². The molecule has 18 aromatic rings. The molecule has 0 bridgehead atoms. The fraction of sp³-hybridized carbons (Fsp3) is 0. The number of aromatic nitrogens is 2. The summed E-state index contributed by atoms with van der Waals surface area (Å²) in [6.07, 6.45) is 0. The number of rotatable bonds is 8. The van der Waals surface area contributed by atoms with Gasteiger partial charge in [0.1, 0.15) is 0 Å². The maximum atomic E-state index is 2.47. The van der Waals surface area contributed by atoms with Crippen molar-refractivity contribution in [2.45, 2.75) is 0 Å². The van der Waals surface area contributed by atoms with E-state index in [9.17, 15) is 0 Å². The largest absolute Gasteiger partial charge is 0.310 e. The summed E-state index contributed by atoms with van der Waals surface area (Å²) in [4.78, 5) is 4.94. The molecule has 0 atom stereocenters. The molecule has 18 rings (SSSR count). The SMILES string of the molecule is c1ccc(N(c2ccc3c(c2)sc2c3ccc3c2ccc2c4ccc(N(c5ccccc5)c5cc6c(c7ccccc57)c5ccccc5n6-c5ccccc5)cc4sc23)c2cc3c(c4ccccc24)c2ccccc2n3-c2ccccc2)cc1. The van der Waals surface area contributed by atoms with E-state index in [4.69, 9.17) is 0 Å². The Kier molecular flexibility index (Phi) is 10.4. The minimum Gasteiger partial charge on any atom is -0.310 e. The Morgan fingerprint density at radius 3 is 0.952 bits per heavy atom. The number of thiophene rings is 2. The van der Waals surface area contributed by atoms with Gasteiger partial charge in [0, 0.05) is 118 Å². The van der Waals surface area contributed by atoms with Crippen LogP contribution in [0.4, 0.5) is 34.1 Å². The average molecular weight is 1110 g/mol. The second kappa shape index (κ2) is 18.5. The van der Waals surface area contributed by atoms with E-state index in [1.165, 1.54) is 116 Å². The highest BCUT2D eigenvalue weighted by atomic mass is 32.1. The molecule has 0 radical (unpaired) electrons. The fourth-order valence-corrected chi connectivity index (χ4v) is 16.4. The van der Waals surface area contributed by atoms with Gasteiger partial charge >= 0.3 is 0 Å². The van der Waals surface area contributed by atoms with Crippen molar-refractivity contribution in [2.24, 2.45) is 0 Å². The van der Waals surface area contributed by atoms with Crippen molar-refractivity contribution in [1.82, 2.24) is 9.13 Å². The summed E-state index contributed by atoms with van der Waals surface area (Å²) in [5, 5.41) is 17.6. The summed E-state index contributed by atoms with van der Waals surface area (Å²) >= 11 is 3.81. The lowest BCUT2D eigenvalue weighted by Crippen LogP contribution is -2.10. The van der Waals surface area contributed by atoms with Gasteiger partial charge in [-0.2, -0.15) is 0 Å². The minimum atomic E-state index is 1.11. The van der Waals surface area contributed by atoms with E-state index in [1.807, 2.05) is 22.7 Å². The van der Waals surface area contributed by atoms with Gasteiger partial charge in [-0.05, 0) is 108 Å². The van der Waals surface area contributed by atoms with Crippen molar-refractivity contribution in [3.8, 4) is 11.4 Å². The van der Waals surface area contributed by atoms with Gasteiger partial charge in [0.25, 0.3) is 0 Å². The number of nitrogens with zero attached hydrogens (tertiary/aromatic N) is 4. The van der Waals surface area contributed by atoms with E-state index >= 15 is 0 Å². The van der Waals surface area contributed by atoms with Crippen molar-refractivity contribution in [1.29, 1.82) is 0 Å². The lowest BCUT2D eigenvalue weighted by atomic mass is 10.00. The molecule has 392 valence electrons. The van der Waals surface area contributed by atoms with Crippen molar-refractivity contribution in [3.05, 3.63) is 291 Å². The van der Waals surface area contributed by atoms with Gasteiger partial charge < -0.3 is 18.9 Å². The van der Waals surface area contributed by atoms with Crippen molar-refractivity contribution >= 4 is 173 Å². The summed E-state index contributed by atoms with van der Waals surface area (Å²) in [7, 11) is 0. The molecular weight excluding hydrogens is 1060 g/mol. The smallest absolute Gasteiger partial charge is 0.0568 e. The van der Waals surface area contributed by atoms with Gasteiger partial charge in [0.15, 0.2) is 0 Å². The summed E-state index contributed by atoms with van der Waals surface area (Å²) in [6.45, 7) is 0. The fourth-order valence-electron chi connectivity index (χ4n) is 13.8. The molecular formula is C78H48N4S2. The third-order valence-electron chi connectivity index (χ3n) is 17.4. The van der Waals surface area contributed by atoms with Gasteiger partial charge in [0.05, 0.1) is 33.4 Å². The Labute approximate surface area is 491 Å². The van der Waals surface area contributed by atoms with Gasteiger partial charge in [-0.1, -0.05) is 194 Å². The molecule has 4 heterocycles. The Hall–Kier alpha value is -10.5. The highest BCUT2D eigenvalue weighted by Crippen LogP contribution is 2.51. The van der Waals surface area contributed by atoms with Crippen LogP contribution in [0.5, 0.6) is 0 Å². The van der Waals surface area contributed by atoms with Crippen LogP contribution in [-0.2, 0) is 0 Å². The number of anilines is 6. The second-order valence-corrected chi connectivity index (χ2v) is 24.0. The van der Waals surface area contributed by atoms with Gasteiger partial charge in [-0.25, -0.2) is 0 Å². The number of hydrogen-bond acceptors (Lipinski definition) is 4. The first-order valence-corrected chi connectivity index (χ1v) is 30.3. The molecule has 0 aliphatic rings. The van der Waals surface area contributed by atoms with E-state index in [0.717, 1.165) is 45.5 Å². The molecule has 0 spiro atoms. The first-order valence-electron chi connectivity index (χ1n) is 28.7. The van der Waals surface area contributed by atoms with Crippen LogP contribution < -0.4 is 9.80 Å². The quantitative estimate of drug-likeness (QED) is 0.151. The number of fused-ring (bicyclic) bond motifs is 19. The Morgan fingerprint density at radius 2 is 0.548 bits per heavy atom. The molecule has 0 aliphatic carbocycles. The van der Waals surface area contributed by atoms with E-state index in [2.05, 4.69) is 310 Å². The van der Waals surface area contributed by atoms with Crippen LogP contribution in [0.25, 0.3) is 128 Å². The van der Waals surface area contributed by atoms with Gasteiger partial charge in [-0.3, -0.25) is 0 Å².